The zero-order chi connectivity index (χ0) is 24.1. The summed E-state index contributed by atoms with van der Waals surface area (Å²) in [5.74, 6) is -0.718. The van der Waals surface area contributed by atoms with E-state index in [4.69, 9.17) is 20.9 Å². The first-order valence-corrected chi connectivity index (χ1v) is 12.1. The van der Waals surface area contributed by atoms with Crippen molar-refractivity contribution in [2.45, 2.75) is 24.3 Å². The van der Waals surface area contributed by atoms with Gasteiger partial charge in [0.15, 0.2) is 21.3 Å². The molecule has 1 atom stereocenters. The molecule has 2 heterocycles. The van der Waals surface area contributed by atoms with Gasteiger partial charge in [-0.1, -0.05) is 23.4 Å². The maximum atomic E-state index is 13.9. The Morgan fingerprint density at radius 3 is 2.33 bits per heavy atom. The molecule has 33 heavy (non-hydrogen) atoms. The van der Waals surface area contributed by atoms with Gasteiger partial charge in [-0.25, -0.2) is 4.39 Å². The summed E-state index contributed by atoms with van der Waals surface area (Å²) in [6, 6.07) is 10.1. The number of aryl methyl sites for hydroxylation is 2. The van der Waals surface area contributed by atoms with Gasteiger partial charge in [0.1, 0.15) is 17.3 Å². The van der Waals surface area contributed by atoms with Gasteiger partial charge >= 0.3 is 10.1 Å². The summed E-state index contributed by atoms with van der Waals surface area (Å²) in [6.45, 7) is 2.97. The van der Waals surface area contributed by atoms with Crippen LogP contribution in [0.1, 0.15) is 22.6 Å². The maximum absolute atomic E-state index is 13.9. The lowest BCUT2D eigenvalue weighted by atomic mass is 9.82. The first kappa shape index (κ1) is 23.3. The second-order valence-corrected chi connectivity index (χ2v) is 10.1. The fraction of sp³-hybridized carbons (Fsp3) is 0.190. The highest BCUT2D eigenvalue weighted by atomic mass is 79.9. The highest BCUT2D eigenvalue weighted by molar-refractivity contribution is 9.10. The molecule has 2 aromatic carbocycles. The Kier molecular flexibility index (Phi) is 5.79. The van der Waals surface area contributed by atoms with Crippen molar-refractivity contribution in [2.24, 2.45) is 0 Å². The number of rotatable bonds is 5. The van der Waals surface area contributed by atoms with E-state index in [9.17, 15) is 17.6 Å². The standard InChI is InChI=1S/C21H17BrFN3O5S2/c1-11-18(12(2)30-25-11)33(28,29)31-15-7-4-13(5-8-15)21(19(27)26(3)20(32)24-21)14-6-9-17(23)16(22)10-14/h4-10H,1-3H3,(H,24,32). The normalized spacial score (nSPS) is 18.5. The van der Waals surface area contributed by atoms with Crippen molar-refractivity contribution in [1.29, 1.82) is 0 Å². The second-order valence-electron chi connectivity index (χ2n) is 7.39. The van der Waals surface area contributed by atoms with E-state index in [0.29, 0.717) is 11.1 Å². The van der Waals surface area contributed by atoms with Gasteiger partial charge in [0.25, 0.3) is 5.91 Å². The van der Waals surface area contributed by atoms with Crippen LogP contribution in [-0.2, 0) is 20.5 Å². The molecule has 1 unspecified atom stereocenters. The summed E-state index contributed by atoms with van der Waals surface area (Å²) < 4.78 is 49.6. The maximum Gasteiger partial charge on any atom is 0.344 e. The Hall–Kier alpha value is -2.83. The third-order valence-corrected chi connectivity index (χ3v) is 7.77. The molecule has 1 aliphatic rings. The summed E-state index contributed by atoms with van der Waals surface area (Å²) >= 11 is 8.44. The van der Waals surface area contributed by atoms with Crippen LogP contribution in [0.2, 0.25) is 0 Å². The van der Waals surface area contributed by atoms with Crippen molar-refractivity contribution in [3.8, 4) is 5.75 Å². The highest BCUT2D eigenvalue weighted by Crippen LogP contribution is 2.38. The number of hydrogen-bond acceptors (Lipinski definition) is 7. The first-order chi connectivity index (χ1) is 15.5. The zero-order valence-electron chi connectivity index (χ0n) is 17.5. The van der Waals surface area contributed by atoms with E-state index in [1.54, 1.807) is 12.1 Å². The fourth-order valence-corrected chi connectivity index (χ4v) is 5.54. The van der Waals surface area contributed by atoms with E-state index < -0.39 is 21.5 Å². The summed E-state index contributed by atoms with van der Waals surface area (Å²) in [5.41, 5.74) is -0.340. The van der Waals surface area contributed by atoms with Crippen molar-refractivity contribution in [2.75, 3.05) is 7.05 Å². The number of aromatic nitrogens is 1. The van der Waals surface area contributed by atoms with Crippen molar-refractivity contribution in [3.63, 3.8) is 0 Å². The lowest BCUT2D eigenvalue weighted by Crippen LogP contribution is -2.45. The average Bonchev–Trinajstić information content (AvgIpc) is 3.22. The van der Waals surface area contributed by atoms with Crippen LogP contribution in [-0.4, -0.2) is 36.5 Å². The number of nitrogens with zero attached hydrogens (tertiary/aromatic N) is 2. The minimum absolute atomic E-state index is 0.0237. The van der Waals surface area contributed by atoms with Gasteiger partial charge in [0.2, 0.25) is 0 Å². The molecule has 12 heteroatoms. The zero-order valence-corrected chi connectivity index (χ0v) is 20.8. The van der Waals surface area contributed by atoms with Crippen LogP contribution in [0.15, 0.2) is 56.4 Å². The minimum Gasteiger partial charge on any atom is -0.379 e. The Bertz CT molecular complexity index is 1370. The molecule has 4 rings (SSSR count). The lowest BCUT2D eigenvalue weighted by Gasteiger charge is -2.28. The molecular weight excluding hydrogens is 537 g/mol. The van der Waals surface area contributed by atoms with E-state index in [1.165, 1.54) is 56.1 Å². The lowest BCUT2D eigenvalue weighted by molar-refractivity contribution is -0.129. The van der Waals surface area contributed by atoms with Crippen molar-refractivity contribution in [1.82, 2.24) is 15.4 Å². The van der Waals surface area contributed by atoms with Gasteiger partial charge in [-0.3, -0.25) is 9.69 Å². The molecule has 8 nitrogen and oxygen atoms in total. The van der Waals surface area contributed by atoms with E-state index in [0.717, 1.165) is 0 Å². The molecule has 1 aliphatic heterocycles. The molecule has 1 saturated heterocycles. The number of carbonyl (C=O) groups excluding carboxylic acids is 1. The summed E-state index contributed by atoms with van der Waals surface area (Å²) in [6.07, 6.45) is 0. The van der Waals surface area contributed by atoms with E-state index in [1.807, 2.05) is 0 Å². The van der Waals surface area contributed by atoms with Crippen molar-refractivity contribution < 1.29 is 26.3 Å². The van der Waals surface area contributed by atoms with E-state index in [2.05, 4.69) is 26.4 Å². The smallest absolute Gasteiger partial charge is 0.344 e. The number of thiocarbonyl (C=S) groups is 1. The molecule has 0 radical (unpaired) electrons. The van der Waals surface area contributed by atoms with Crippen LogP contribution in [0, 0.1) is 19.7 Å². The number of likely N-dealkylation sites (N-methyl/N-ethyl adjacent to an activating group) is 1. The predicted molar refractivity (Wildman–Crippen MR) is 124 cm³/mol. The summed E-state index contributed by atoms with van der Waals surface area (Å²) in [5, 5.41) is 6.87. The highest BCUT2D eigenvalue weighted by Gasteiger charge is 2.51. The van der Waals surface area contributed by atoms with Crippen LogP contribution >= 0.6 is 28.1 Å². The first-order valence-electron chi connectivity index (χ1n) is 9.51. The number of hydrogen-bond donors (Lipinski definition) is 1. The molecule has 3 aromatic rings. The van der Waals surface area contributed by atoms with Crippen LogP contribution in [0.4, 0.5) is 4.39 Å². The molecule has 1 N–H and O–H groups in total. The number of nitrogens with one attached hydrogen (secondary N) is 1. The van der Waals surface area contributed by atoms with Crippen LogP contribution < -0.4 is 9.50 Å². The van der Waals surface area contributed by atoms with E-state index >= 15 is 0 Å². The van der Waals surface area contributed by atoms with Crippen LogP contribution in [0.5, 0.6) is 5.75 Å². The van der Waals surface area contributed by atoms with Crippen LogP contribution in [0.25, 0.3) is 0 Å². The number of carbonyl (C=O) groups is 1. The van der Waals surface area contributed by atoms with E-state index in [-0.39, 0.29) is 37.6 Å². The summed E-state index contributed by atoms with van der Waals surface area (Å²) in [7, 11) is -2.65. The Balaban J connectivity index is 1.75. The SMILES string of the molecule is Cc1noc(C)c1S(=O)(=O)Oc1ccc(C2(c3ccc(F)c(Br)c3)NC(=S)N(C)C2=O)cc1. The number of amides is 1. The second kappa shape index (κ2) is 8.19. The molecule has 0 bridgehead atoms. The third kappa shape index (κ3) is 3.81. The monoisotopic (exact) mass is 553 g/mol. The quantitative estimate of drug-likeness (QED) is 0.378. The topological polar surface area (TPSA) is 102 Å². The van der Waals surface area contributed by atoms with Gasteiger partial charge in [-0.2, -0.15) is 8.42 Å². The molecular formula is C21H17BrFN3O5S2. The molecule has 0 aliphatic carbocycles. The fourth-order valence-electron chi connectivity index (χ4n) is 3.69. The molecule has 1 aromatic heterocycles. The molecule has 1 fully saturated rings. The summed E-state index contributed by atoms with van der Waals surface area (Å²) in [4.78, 5) is 14.5. The molecule has 1 amide bonds. The van der Waals surface area contributed by atoms with Gasteiger partial charge in [-0.05, 0) is 77.4 Å². The van der Waals surface area contributed by atoms with Gasteiger partial charge in [-0.15, -0.1) is 0 Å². The predicted octanol–water partition coefficient (Wildman–Crippen LogP) is 3.55. The van der Waals surface area contributed by atoms with Crippen molar-refractivity contribution in [3.05, 3.63) is 75.3 Å². The number of halogens is 2. The molecule has 172 valence electrons. The van der Waals surface area contributed by atoms with Gasteiger partial charge in [0.05, 0.1) is 4.47 Å². The minimum atomic E-state index is -4.19. The van der Waals surface area contributed by atoms with Crippen molar-refractivity contribution >= 4 is 49.3 Å². The van der Waals surface area contributed by atoms with Gasteiger partial charge in [0, 0.05) is 7.05 Å². The van der Waals surface area contributed by atoms with Crippen LogP contribution in [0.3, 0.4) is 0 Å². The number of benzene rings is 2. The average molecular weight is 554 g/mol. The Morgan fingerprint density at radius 1 is 1.18 bits per heavy atom. The largest absolute Gasteiger partial charge is 0.379 e. The molecule has 0 saturated carbocycles. The Morgan fingerprint density at radius 2 is 1.82 bits per heavy atom. The third-order valence-electron chi connectivity index (χ3n) is 5.29. The van der Waals surface area contributed by atoms with Gasteiger partial charge < -0.3 is 14.0 Å². The molecule has 0 spiro atoms. The Labute approximate surface area is 203 Å².